The number of halogens is 1. The van der Waals surface area contributed by atoms with Gasteiger partial charge in [0.15, 0.2) is 0 Å². The highest BCUT2D eigenvalue weighted by Crippen LogP contribution is 2.26. The second-order valence-electron chi connectivity index (χ2n) is 3.34. The minimum absolute atomic E-state index is 0.444. The van der Waals surface area contributed by atoms with E-state index in [1.807, 2.05) is 42.5 Å². The van der Waals surface area contributed by atoms with E-state index >= 15 is 0 Å². The van der Waals surface area contributed by atoms with E-state index in [-0.39, 0.29) is 0 Å². The lowest BCUT2D eigenvalue weighted by Gasteiger charge is -2.08. The average Bonchev–Trinajstić information content (AvgIpc) is 2.65. The minimum atomic E-state index is -0.444. The van der Waals surface area contributed by atoms with Crippen LogP contribution in [-0.2, 0) is 6.42 Å². The highest BCUT2D eigenvalue weighted by molar-refractivity contribution is 7.16. The Morgan fingerprint density at radius 2 is 1.87 bits per heavy atom. The summed E-state index contributed by atoms with van der Waals surface area (Å²) in [5.41, 5.74) is 0.946. The predicted octanol–water partition coefficient (Wildman–Crippen LogP) is 3.68. The van der Waals surface area contributed by atoms with Crippen LogP contribution in [0, 0.1) is 0 Å². The Bertz CT molecular complexity index is 424. The lowest BCUT2D eigenvalue weighted by molar-refractivity contribution is 0.179. The van der Waals surface area contributed by atoms with Crippen LogP contribution in [0.25, 0.3) is 0 Å². The number of aliphatic hydroxyl groups is 1. The molecule has 0 aliphatic rings. The molecule has 0 aliphatic carbocycles. The molecule has 0 bridgehead atoms. The molecule has 2 aromatic rings. The van der Waals surface area contributed by atoms with Crippen molar-refractivity contribution in [1.82, 2.24) is 0 Å². The van der Waals surface area contributed by atoms with Crippen LogP contribution in [0.3, 0.4) is 0 Å². The van der Waals surface area contributed by atoms with Gasteiger partial charge >= 0.3 is 0 Å². The molecule has 0 saturated carbocycles. The Labute approximate surface area is 98.0 Å². The third kappa shape index (κ3) is 2.81. The summed E-state index contributed by atoms with van der Waals surface area (Å²) in [5.74, 6) is 0. The van der Waals surface area contributed by atoms with Crippen molar-refractivity contribution in [1.29, 1.82) is 0 Å². The SMILES string of the molecule is OC(Cc1ccc(Cl)s1)c1ccccc1. The molecule has 0 radical (unpaired) electrons. The molecular formula is C12H11ClOS. The Morgan fingerprint density at radius 3 is 2.47 bits per heavy atom. The zero-order chi connectivity index (χ0) is 10.7. The van der Waals surface area contributed by atoms with Crippen molar-refractivity contribution in [2.24, 2.45) is 0 Å². The van der Waals surface area contributed by atoms with Gasteiger partial charge in [-0.2, -0.15) is 0 Å². The maximum atomic E-state index is 9.95. The van der Waals surface area contributed by atoms with E-state index in [2.05, 4.69) is 0 Å². The van der Waals surface area contributed by atoms with E-state index in [1.54, 1.807) is 0 Å². The molecule has 1 atom stereocenters. The molecule has 0 aliphatic heterocycles. The quantitative estimate of drug-likeness (QED) is 0.865. The van der Waals surface area contributed by atoms with Gasteiger partial charge in [-0.05, 0) is 17.7 Å². The summed E-state index contributed by atoms with van der Waals surface area (Å²) >= 11 is 7.34. The second kappa shape index (κ2) is 4.79. The van der Waals surface area contributed by atoms with Crippen molar-refractivity contribution in [3.05, 3.63) is 57.2 Å². The molecule has 2 rings (SSSR count). The van der Waals surface area contributed by atoms with Gasteiger partial charge in [-0.1, -0.05) is 41.9 Å². The summed E-state index contributed by atoms with van der Waals surface area (Å²) in [5, 5.41) is 9.95. The Balaban J connectivity index is 2.07. The molecule has 0 saturated heterocycles. The van der Waals surface area contributed by atoms with Crippen LogP contribution in [0.1, 0.15) is 16.5 Å². The first-order valence-electron chi connectivity index (χ1n) is 4.73. The fourth-order valence-corrected chi connectivity index (χ4v) is 2.57. The molecule has 0 amide bonds. The molecule has 0 fully saturated rings. The first kappa shape index (κ1) is 10.7. The molecule has 15 heavy (non-hydrogen) atoms. The highest BCUT2D eigenvalue weighted by Gasteiger charge is 2.09. The molecule has 1 N–H and O–H groups in total. The topological polar surface area (TPSA) is 20.2 Å². The number of hydrogen-bond donors (Lipinski definition) is 1. The van der Waals surface area contributed by atoms with E-state index in [0.29, 0.717) is 6.42 Å². The summed E-state index contributed by atoms with van der Waals surface area (Å²) in [6.45, 7) is 0. The minimum Gasteiger partial charge on any atom is -0.388 e. The molecule has 0 spiro atoms. The third-order valence-electron chi connectivity index (χ3n) is 2.21. The van der Waals surface area contributed by atoms with Crippen LogP contribution in [0.15, 0.2) is 42.5 Å². The largest absolute Gasteiger partial charge is 0.388 e. The normalized spacial score (nSPS) is 12.7. The van der Waals surface area contributed by atoms with Crippen molar-refractivity contribution in [2.45, 2.75) is 12.5 Å². The van der Waals surface area contributed by atoms with Crippen molar-refractivity contribution in [2.75, 3.05) is 0 Å². The van der Waals surface area contributed by atoms with Gasteiger partial charge in [0.2, 0.25) is 0 Å². The van der Waals surface area contributed by atoms with Gasteiger partial charge in [0.1, 0.15) is 0 Å². The smallest absolute Gasteiger partial charge is 0.0931 e. The molecule has 1 aromatic heterocycles. The van der Waals surface area contributed by atoms with Gasteiger partial charge in [-0.25, -0.2) is 0 Å². The van der Waals surface area contributed by atoms with Gasteiger partial charge in [0.25, 0.3) is 0 Å². The summed E-state index contributed by atoms with van der Waals surface area (Å²) in [4.78, 5) is 1.11. The monoisotopic (exact) mass is 238 g/mol. The lowest BCUT2D eigenvalue weighted by atomic mass is 10.1. The maximum absolute atomic E-state index is 9.95. The van der Waals surface area contributed by atoms with Crippen LogP contribution in [0.4, 0.5) is 0 Å². The van der Waals surface area contributed by atoms with Gasteiger partial charge in [0, 0.05) is 11.3 Å². The number of thiophene rings is 1. The van der Waals surface area contributed by atoms with Gasteiger partial charge < -0.3 is 5.11 Å². The summed E-state index contributed by atoms with van der Waals surface area (Å²) in [7, 11) is 0. The number of rotatable bonds is 3. The molecule has 1 unspecified atom stereocenters. The van der Waals surface area contributed by atoms with E-state index < -0.39 is 6.10 Å². The van der Waals surface area contributed by atoms with E-state index in [1.165, 1.54) is 11.3 Å². The Kier molecular flexibility index (Phi) is 3.41. The van der Waals surface area contributed by atoms with E-state index in [4.69, 9.17) is 11.6 Å². The number of aliphatic hydroxyl groups excluding tert-OH is 1. The molecular weight excluding hydrogens is 228 g/mol. The standard InChI is InChI=1S/C12H11ClOS/c13-12-7-6-10(15-12)8-11(14)9-4-2-1-3-5-9/h1-7,11,14H,8H2. The van der Waals surface area contributed by atoms with Crippen LogP contribution in [0.5, 0.6) is 0 Å². The average molecular weight is 239 g/mol. The molecule has 78 valence electrons. The Hall–Kier alpha value is -0.830. The summed E-state index contributed by atoms with van der Waals surface area (Å²) < 4.78 is 0.769. The number of hydrogen-bond acceptors (Lipinski definition) is 2. The summed E-state index contributed by atoms with van der Waals surface area (Å²) in [6, 6.07) is 13.5. The molecule has 1 aromatic carbocycles. The predicted molar refractivity (Wildman–Crippen MR) is 64.4 cm³/mol. The fourth-order valence-electron chi connectivity index (χ4n) is 1.45. The fraction of sp³-hybridized carbons (Fsp3) is 0.167. The maximum Gasteiger partial charge on any atom is 0.0931 e. The first-order chi connectivity index (χ1) is 7.25. The zero-order valence-electron chi connectivity index (χ0n) is 8.06. The van der Waals surface area contributed by atoms with Crippen LogP contribution in [-0.4, -0.2) is 5.11 Å². The lowest BCUT2D eigenvalue weighted by Crippen LogP contribution is -1.99. The van der Waals surface area contributed by atoms with Crippen molar-refractivity contribution in [3.8, 4) is 0 Å². The van der Waals surface area contributed by atoms with Gasteiger partial charge in [-0.15, -0.1) is 11.3 Å². The van der Waals surface area contributed by atoms with Crippen LogP contribution < -0.4 is 0 Å². The molecule has 1 nitrogen and oxygen atoms in total. The van der Waals surface area contributed by atoms with Gasteiger partial charge in [-0.3, -0.25) is 0 Å². The second-order valence-corrected chi connectivity index (χ2v) is 5.14. The highest BCUT2D eigenvalue weighted by atomic mass is 35.5. The molecule has 1 heterocycles. The number of benzene rings is 1. The third-order valence-corrected chi connectivity index (χ3v) is 3.46. The van der Waals surface area contributed by atoms with Crippen LogP contribution >= 0.6 is 22.9 Å². The van der Waals surface area contributed by atoms with E-state index in [9.17, 15) is 5.11 Å². The molecule has 3 heteroatoms. The summed E-state index contributed by atoms with van der Waals surface area (Å²) in [6.07, 6.45) is 0.183. The van der Waals surface area contributed by atoms with E-state index in [0.717, 1.165) is 14.8 Å². The van der Waals surface area contributed by atoms with Crippen molar-refractivity contribution >= 4 is 22.9 Å². The van der Waals surface area contributed by atoms with Crippen molar-refractivity contribution in [3.63, 3.8) is 0 Å². The Morgan fingerprint density at radius 1 is 1.13 bits per heavy atom. The van der Waals surface area contributed by atoms with Gasteiger partial charge in [0.05, 0.1) is 10.4 Å². The first-order valence-corrected chi connectivity index (χ1v) is 5.92. The zero-order valence-corrected chi connectivity index (χ0v) is 9.63. The van der Waals surface area contributed by atoms with Crippen molar-refractivity contribution < 1.29 is 5.11 Å². The van der Waals surface area contributed by atoms with Crippen LogP contribution in [0.2, 0.25) is 4.34 Å².